The summed E-state index contributed by atoms with van der Waals surface area (Å²) < 4.78 is 5.33. The monoisotopic (exact) mass is 230 g/mol. The molecule has 2 rings (SSSR count). The van der Waals surface area contributed by atoms with Crippen LogP contribution in [-0.2, 0) is 9.53 Å². The summed E-state index contributed by atoms with van der Waals surface area (Å²) in [5.74, 6) is 2.13. The van der Waals surface area contributed by atoms with Gasteiger partial charge in [0.2, 0.25) is 5.91 Å². The van der Waals surface area contributed by atoms with Crippen LogP contribution in [0.3, 0.4) is 0 Å². The first-order valence-electron chi connectivity index (χ1n) is 5.55. The standard InChI is InChI=1S/C10H18N2O2S/c13-10(9-7-15-5-3-11-9)12-8-2-1-4-14-6-8/h8-9,11H,1-7H2,(H,12,13). The zero-order chi connectivity index (χ0) is 10.5. The Balaban J connectivity index is 1.74. The molecule has 2 aliphatic heterocycles. The van der Waals surface area contributed by atoms with Crippen molar-refractivity contribution in [3.05, 3.63) is 0 Å². The molecule has 0 spiro atoms. The molecular formula is C10H18N2O2S. The van der Waals surface area contributed by atoms with E-state index in [0.29, 0.717) is 6.61 Å². The Bertz CT molecular complexity index is 213. The molecule has 2 aliphatic rings. The molecule has 0 aromatic rings. The second kappa shape index (κ2) is 5.72. The third-order valence-corrected chi connectivity index (χ3v) is 3.81. The fourth-order valence-corrected chi connectivity index (χ4v) is 2.82. The fraction of sp³-hybridized carbons (Fsp3) is 0.900. The predicted molar refractivity (Wildman–Crippen MR) is 61.1 cm³/mol. The lowest BCUT2D eigenvalue weighted by atomic mass is 10.1. The molecule has 2 fully saturated rings. The average molecular weight is 230 g/mol. The summed E-state index contributed by atoms with van der Waals surface area (Å²) in [6.45, 7) is 2.44. The molecule has 0 aliphatic carbocycles. The summed E-state index contributed by atoms with van der Waals surface area (Å²) in [6, 6.07) is 0.214. The van der Waals surface area contributed by atoms with Crippen molar-refractivity contribution >= 4 is 17.7 Å². The maximum atomic E-state index is 11.8. The molecule has 0 saturated carbocycles. The van der Waals surface area contributed by atoms with Gasteiger partial charge in [0.05, 0.1) is 18.7 Å². The van der Waals surface area contributed by atoms with Crippen molar-refractivity contribution in [1.29, 1.82) is 0 Å². The molecule has 15 heavy (non-hydrogen) atoms. The van der Waals surface area contributed by atoms with Crippen molar-refractivity contribution in [3.8, 4) is 0 Å². The number of ether oxygens (including phenoxy) is 1. The lowest BCUT2D eigenvalue weighted by molar-refractivity contribution is -0.124. The first-order valence-corrected chi connectivity index (χ1v) is 6.71. The van der Waals surface area contributed by atoms with Gasteiger partial charge in [0, 0.05) is 24.7 Å². The van der Waals surface area contributed by atoms with Crippen molar-refractivity contribution in [2.45, 2.75) is 24.9 Å². The van der Waals surface area contributed by atoms with E-state index in [2.05, 4.69) is 10.6 Å². The summed E-state index contributed by atoms with van der Waals surface area (Å²) in [7, 11) is 0. The van der Waals surface area contributed by atoms with Gasteiger partial charge in [-0.15, -0.1) is 0 Å². The Morgan fingerprint density at radius 3 is 3.13 bits per heavy atom. The van der Waals surface area contributed by atoms with Crippen LogP contribution in [0.4, 0.5) is 0 Å². The molecule has 2 saturated heterocycles. The maximum absolute atomic E-state index is 11.8. The van der Waals surface area contributed by atoms with Crippen LogP contribution in [0, 0.1) is 0 Å². The molecular weight excluding hydrogens is 212 g/mol. The Kier molecular flexibility index (Phi) is 4.29. The molecule has 2 unspecified atom stereocenters. The van der Waals surface area contributed by atoms with Gasteiger partial charge >= 0.3 is 0 Å². The van der Waals surface area contributed by atoms with E-state index in [0.717, 1.165) is 37.5 Å². The molecule has 5 heteroatoms. The third-order valence-electron chi connectivity index (χ3n) is 2.74. The second-order valence-corrected chi connectivity index (χ2v) is 5.15. The highest BCUT2D eigenvalue weighted by atomic mass is 32.2. The minimum atomic E-state index is -0.00863. The topological polar surface area (TPSA) is 50.4 Å². The van der Waals surface area contributed by atoms with E-state index in [1.807, 2.05) is 11.8 Å². The van der Waals surface area contributed by atoms with Crippen molar-refractivity contribution in [3.63, 3.8) is 0 Å². The highest BCUT2D eigenvalue weighted by Crippen LogP contribution is 2.10. The van der Waals surface area contributed by atoms with Gasteiger partial charge in [-0.25, -0.2) is 0 Å². The quantitative estimate of drug-likeness (QED) is 0.700. The normalized spacial score (nSPS) is 32.3. The van der Waals surface area contributed by atoms with Gasteiger partial charge in [-0.2, -0.15) is 11.8 Å². The number of nitrogens with one attached hydrogen (secondary N) is 2. The molecule has 0 aromatic carbocycles. The largest absolute Gasteiger partial charge is 0.379 e. The third kappa shape index (κ3) is 3.36. The summed E-state index contributed by atoms with van der Waals surface area (Å²) in [5.41, 5.74) is 0. The maximum Gasteiger partial charge on any atom is 0.238 e. The number of amides is 1. The van der Waals surface area contributed by atoms with Gasteiger partial charge in [-0.3, -0.25) is 4.79 Å². The van der Waals surface area contributed by atoms with E-state index in [1.165, 1.54) is 0 Å². The van der Waals surface area contributed by atoms with E-state index < -0.39 is 0 Å². The zero-order valence-corrected chi connectivity index (χ0v) is 9.65. The number of hydrogen-bond acceptors (Lipinski definition) is 4. The summed E-state index contributed by atoms with van der Waals surface area (Å²) >= 11 is 1.84. The molecule has 0 aromatic heterocycles. The van der Waals surface area contributed by atoms with Gasteiger partial charge in [-0.1, -0.05) is 0 Å². The molecule has 2 atom stereocenters. The minimum Gasteiger partial charge on any atom is -0.379 e. The Hall–Kier alpha value is -0.260. The van der Waals surface area contributed by atoms with E-state index in [-0.39, 0.29) is 18.0 Å². The average Bonchev–Trinajstić information content (AvgIpc) is 2.31. The van der Waals surface area contributed by atoms with Gasteiger partial charge in [0.25, 0.3) is 0 Å². The van der Waals surface area contributed by atoms with E-state index in [1.54, 1.807) is 0 Å². The number of thioether (sulfide) groups is 1. The van der Waals surface area contributed by atoms with Gasteiger partial charge in [0.15, 0.2) is 0 Å². The van der Waals surface area contributed by atoms with Crippen LogP contribution in [0.25, 0.3) is 0 Å². The molecule has 4 nitrogen and oxygen atoms in total. The summed E-state index contributed by atoms with van der Waals surface area (Å²) in [5, 5.41) is 6.28. The number of carbonyl (C=O) groups is 1. The Morgan fingerprint density at radius 2 is 2.47 bits per heavy atom. The number of hydrogen-bond donors (Lipinski definition) is 2. The molecule has 1 amide bonds. The number of rotatable bonds is 2. The van der Waals surface area contributed by atoms with E-state index in [9.17, 15) is 4.79 Å². The zero-order valence-electron chi connectivity index (χ0n) is 8.83. The van der Waals surface area contributed by atoms with Crippen LogP contribution in [0.1, 0.15) is 12.8 Å². The van der Waals surface area contributed by atoms with E-state index >= 15 is 0 Å². The lowest BCUT2D eigenvalue weighted by Crippen LogP contribution is -2.52. The molecule has 2 heterocycles. The van der Waals surface area contributed by atoms with Crippen molar-refractivity contribution in [1.82, 2.24) is 10.6 Å². The second-order valence-electron chi connectivity index (χ2n) is 4.00. The van der Waals surface area contributed by atoms with E-state index in [4.69, 9.17) is 4.74 Å². The molecule has 86 valence electrons. The van der Waals surface area contributed by atoms with Crippen molar-refractivity contribution < 1.29 is 9.53 Å². The van der Waals surface area contributed by atoms with Gasteiger partial charge in [0.1, 0.15) is 0 Å². The molecule has 2 N–H and O–H groups in total. The van der Waals surface area contributed by atoms with Gasteiger partial charge in [-0.05, 0) is 12.8 Å². The fourth-order valence-electron chi connectivity index (χ4n) is 1.89. The smallest absolute Gasteiger partial charge is 0.238 e. The minimum absolute atomic E-state index is 0.00863. The van der Waals surface area contributed by atoms with Crippen LogP contribution in [0.15, 0.2) is 0 Å². The Labute approximate surface area is 94.5 Å². The van der Waals surface area contributed by atoms with Gasteiger partial charge < -0.3 is 15.4 Å². The highest BCUT2D eigenvalue weighted by molar-refractivity contribution is 7.99. The van der Waals surface area contributed by atoms with Crippen LogP contribution < -0.4 is 10.6 Å². The summed E-state index contributed by atoms with van der Waals surface area (Å²) in [4.78, 5) is 11.8. The van der Waals surface area contributed by atoms with Crippen LogP contribution in [-0.4, -0.2) is 49.3 Å². The lowest BCUT2D eigenvalue weighted by Gasteiger charge is -2.27. The highest BCUT2D eigenvalue weighted by Gasteiger charge is 2.24. The van der Waals surface area contributed by atoms with Crippen LogP contribution >= 0.6 is 11.8 Å². The summed E-state index contributed by atoms with van der Waals surface area (Å²) in [6.07, 6.45) is 2.10. The first kappa shape index (κ1) is 11.2. The number of carbonyl (C=O) groups excluding carboxylic acids is 1. The van der Waals surface area contributed by atoms with Crippen LogP contribution in [0.2, 0.25) is 0 Å². The van der Waals surface area contributed by atoms with Crippen molar-refractivity contribution in [2.75, 3.05) is 31.3 Å². The first-order chi connectivity index (χ1) is 7.36. The Morgan fingerprint density at radius 1 is 1.53 bits per heavy atom. The molecule has 0 bridgehead atoms. The predicted octanol–water partition coefficient (Wildman–Crippen LogP) is -0.0134. The SMILES string of the molecule is O=C(NC1CCCOC1)C1CSCCN1. The van der Waals surface area contributed by atoms with Crippen LogP contribution in [0.5, 0.6) is 0 Å². The van der Waals surface area contributed by atoms with Crippen molar-refractivity contribution in [2.24, 2.45) is 0 Å². The molecule has 0 radical (unpaired) electrons.